The van der Waals surface area contributed by atoms with Gasteiger partial charge in [0.1, 0.15) is 17.5 Å². The molecule has 0 atom stereocenters. The molecule has 0 aliphatic heterocycles. The molecule has 162 valence electrons. The molecule has 3 aromatic carbocycles. The van der Waals surface area contributed by atoms with Gasteiger partial charge < -0.3 is 5.32 Å². The lowest BCUT2D eigenvalue weighted by Crippen LogP contribution is -2.00. The van der Waals surface area contributed by atoms with Crippen LogP contribution in [0.25, 0.3) is 33.4 Å². The number of nitrogens with zero attached hydrogens (tertiary/aromatic N) is 3. The van der Waals surface area contributed by atoms with Crippen molar-refractivity contribution >= 4 is 34.0 Å². The molecule has 0 saturated carbocycles. The zero-order chi connectivity index (χ0) is 22.9. The molecule has 2 heterocycles. The minimum atomic E-state index is -0.511. The number of hydrogen-bond donors (Lipinski definition) is 1. The Morgan fingerprint density at radius 2 is 1.70 bits per heavy atom. The van der Waals surface area contributed by atoms with E-state index in [4.69, 9.17) is 16.6 Å². The normalized spacial score (nSPS) is 11.0. The summed E-state index contributed by atoms with van der Waals surface area (Å²) in [5, 5.41) is 3.89. The van der Waals surface area contributed by atoms with E-state index in [1.165, 1.54) is 18.2 Å². The van der Waals surface area contributed by atoms with Crippen LogP contribution in [0.4, 0.5) is 20.3 Å². The predicted octanol–water partition coefficient (Wildman–Crippen LogP) is 7.34. The largest absolute Gasteiger partial charge is 0.340 e. The summed E-state index contributed by atoms with van der Waals surface area (Å²) >= 11 is 5.97. The highest BCUT2D eigenvalue weighted by atomic mass is 35.5. The second-order valence-corrected chi connectivity index (χ2v) is 8.01. The highest BCUT2D eigenvalue weighted by molar-refractivity contribution is 6.31. The average molecular weight is 459 g/mol. The molecule has 0 saturated heterocycles. The molecule has 1 N–H and O–H groups in total. The van der Waals surface area contributed by atoms with E-state index >= 15 is 0 Å². The molecule has 0 radical (unpaired) electrons. The highest BCUT2D eigenvalue weighted by Gasteiger charge is 2.14. The van der Waals surface area contributed by atoms with Crippen LogP contribution in [0.1, 0.15) is 5.56 Å². The molecule has 0 fully saturated rings. The first kappa shape index (κ1) is 21.0. The minimum absolute atomic E-state index is 0.00614. The molecular formula is C26H17ClF2N4. The molecule has 2 aromatic heterocycles. The second-order valence-electron chi connectivity index (χ2n) is 7.61. The van der Waals surface area contributed by atoms with Gasteiger partial charge in [0.2, 0.25) is 0 Å². The summed E-state index contributed by atoms with van der Waals surface area (Å²) in [7, 11) is 0. The molecule has 0 bridgehead atoms. The molecule has 5 aromatic rings. The summed E-state index contributed by atoms with van der Waals surface area (Å²) in [6, 6.07) is 18.5. The van der Waals surface area contributed by atoms with E-state index in [0.717, 1.165) is 11.1 Å². The summed E-state index contributed by atoms with van der Waals surface area (Å²) in [6.07, 6.45) is 3.35. The smallest absolute Gasteiger partial charge is 0.163 e. The number of aromatic nitrogens is 3. The van der Waals surface area contributed by atoms with Gasteiger partial charge in [-0.2, -0.15) is 0 Å². The van der Waals surface area contributed by atoms with Gasteiger partial charge in [0, 0.05) is 34.6 Å². The Hall–Kier alpha value is -3.90. The third-order valence-corrected chi connectivity index (χ3v) is 5.52. The van der Waals surface area contributed by atoms with E-state index in [1.54, 1.807) is 36.7 Å². The number of aryl methyl sites for hydroxylation is 1. The fourth-order valence-electron chi connectivity index (χ4n) is 3.59. The number of pyridine rings is 1. The Labute approximate surface area is 193 Å². The van der Waals surface area contributed by atoms with Crippen molar-refractivity contribution in [2.45, 2.75) is 6.92 Å². The van der Waals surface area contributed by atoms with Crippen LogP contribution in [0.15, 0.2) is 79.1 Å². The number of anilines is 2. The lowest BCUT2D eigenvalue weighted by molar-refractivity contribution is 0.628. The van der Waals surface area contributed by atoms with Crippen molar-refractivity contribution in [3.05, 3.63) is 101 Å². The van der Waals surface area contributed by atoms with Crippen LogP contribution < -0.4 is 5.32 Å². The van der Waals surface area contributed by atoms with Crippen molar-refractivity contribution < 1.29 is 8.78 Å². The van der Waals surface area contributed by atoms with Gasteiger partial charge in [0.15, 0.2) is 5.82 Å². The molecule has 4 nitrogen and oxygen atoms in total. The maximum Gasteiger partial charge on any atom is 0.163 e. The van der Waals surface area contributed by atoms with Gasteiger partial charge in [-0.25, -0.2) is 18.7 Å². The van der Waals surface area contributed by atoms with Gasteiger partial charge >= 0.3 is 0 Å². The standard InChI is InChI=1S/C26H17ClF2N4/c1-15-4-7-22(28)19(11-15)16-5-9-24-20(12-16)26(31-18-6-8-23(29)21(27)13-18)33-25(32-24)17-3-2-10-30-14-17/h2-14H,1H3,(H,31,32,33). The Balaban J connectivity index is 1.70. The Morgan fingerprint density at radius 1 is 0.848 bits per heavy atom. The van der Waals surface area contributed by atoms with Crippen molar-refractivity contribution in [2.75, 3.05) is 5.32 Å². The number of hydrogen-bond acceptors (Lipinski definition) is 4. The third-order valence-electron chi connectivity index (χ3n) is 5.23. The maximum atomic E-state index is 14.6. The third kappa shape index (κ3) is 4.25. The number of fused-ring (bicyclic) bond motifs is 1. The van der Waals surface area contributed by atoms with Crippen LogP contribution in [0.3, 0.4) is 0 Å². The quantitative estimate of drug-likeness (QED) is 0.306. The van der Waals surface area contributed by atoms with Gasteiger partial charge in [-0.15, -0.1) is 0 Å². The molecule has 0 amide bonds. The Kier molecular flexibility index (Phi) is 5.44. The second kappa shape index (κ2) is 8.56. The maximum absolute atomic E-state index is 14.6. The van der Waals surface area contributed by atoms with E-state index in [9.17, 15) is 8.78 Å². The van der Waals surface area contributed by atoms with Crippen LogP contribution in [0.5, 0.6) is 0 Å². The monoisotopic (exact) mass is 458 g/mol. The van der Waals surface area contributed by atoms with Crippen LogP contribution in [0.2, 0.25) is 5.02 Å². The van der Waals surface area contributed by atoms with Crippen LogP contribution in [-0.4, -0.2) is 15.0 Å². The summed E-state index contributed by atoms with van der Waals surface area (Å²) in [5.41, 5.74) is 4.11. The van der Waals surface area contributed by atoms with E-state index in [2.05, 4.69) is 15.3 Å². The fraction of sp³-hybridized carbons (Fsp3) is 0.0385. The van der Waals surface area contributed by atoms with E-state index in [1.807, 2.05) is 31.2 Å². The number of rotatable bonds is 4. The molecule has 7 heteroatoms. The molecular weight excluding hydrogens is 442 g/mol. The van der Waals surface area contributed by atoms with Gasteiger partial charge in [0.25, 0.3) is 0 Å². The SMILES string of the molecule is Cc1ccc(F)c(-c2ccc3nc(-c4cccnc4)nc(Nc4ccc(F)c(Cl)c4)c3c2)c1. The number of halogens is 3. The van der Waals surface area contributed by atoms with Crippen molar-refractivity contribution in [3.63, 3.8) is 0 Å². The van der Waals surface area contributed by atoms with Crippen molar-refractivity contribution in [3.8, 4) is 22.5 Å². The van der Waals surface area contributed by atoms with E-state index < -0.39 is 5.82 Å². The van der Waals surface area contributed by atoms with E-state index in [-0.39, 0.29) is 10.8 Å². The molecule has 0 unspecified atom stereocenters. The van der Waals surface area contributed by atoms with Crippen molar-refractivity contribution in [1.82, 2.24) is 15.0 Å². The Morgan fingerprint density at radius 3 is 2.48 bits per heavy atom. The van der Waals surface area contributed by atoms with Crippen LogP contribution >= 0.6 is 11.6 Å². The summed E-state index contributed by atoms with van der Waals surface area (Å²) < 4.78 is 28.2. The predicted molar refractivity (Wildman–Crippen MR) is 128 cm³/mol. The molecule has 0 aliphatic carbocycles. The lowest BCUT2D eigenvalue weighted by atomic mass is 10.0. The molecule has 5 rings (SSSR count). The highest BCUT2D eigenvalue weighted by Crippen LogP contribution is 2.33. The Bertz CT molecular complexity index is 1490. The summed E-state index contributed by atoms with van der Waals surface area (Å²) in [6.45, 7) is 1.92. The summed E-state index contributed by atoms with van der Waals surface area (Å²) in [4.78, 5) is 13.5. The number of benzene rings is 3. The van der Waals surface area contributed by atoms with Gasteiger partial charge in [-0.05, 0) is 67.1 Å². The van der Waals surface area contributed by atoms with Crippen molar-refractivity contribution in [2.24, 2.45) is 0 Å². The summed E-state index contributed by atoms with van der Waals surface area (Å²) in [5.74, 6) is 0.132. The zero-order valence-corrected chi connectivity index (χ0v) is 18.2. The molecule has 33 heavy (non-hydrogen) atoms. The lowest BCUT2D eigenvalue weighted by Gasteiger charge is -2.13. The van der Waals surface area contributed by atoms with Gasteiger partial charge in [0.05, 0.1) is 10.5 Å². The minimum Gasteiger partial charge on any atom is -0.340 e. The van der Waals surface area contributed by atoms with Crippen LogP contribution in [-0.2, 0) is 0 Å². The number of nitrogens with one attached hydrogen (secondary N) is 1. The first-order valence-corrected chi connectivity index (χ1v) is 10.6. The molecule has 0 spiro atoms. The zero-order valence-electron chi connectivity index (χ0n) is 17.5. The fourth-order valence-corrected chi connectivity index (χ4v) is 3.77. The molecule has 0 aliphatic rings. The first-order chi connectivity index (χ1) is 16.0. The first-order valence-electron chi connectivity index (χ1n) is 10.2. The average Bonchev–Trinajstić information content (AvgIpc) is 2.83. The van der Waals surface area contributed by atoms with Crippen molar-refractivity contribution in [1.29, 1.82) is 0 Å². The van der Waals surface area contributed by atoms with Crippen LogP contribution in [0, 0.1) is 18.6 Å². The van der Waals surface area contributed by atoms with Gasteiger partial charge in [-0.3, -0.25) is 4.98 Å². The topological polar surface area (TPSA) is 50.7 Å². The van der Waals surface area contributed by atoms with Gasteiger partial charge in [-0.1, -0.05) is 29.3 Å². The van der Waals surface area contributed by atoms with E-state index in [0.29, 0.717) is 39.4 Å².